The molecule has 68 valence electrons. The molecule has 1 aromatic rings. The van der Waals surface area contributed by atoms with Crippen LogP contribution in [0.3, 0.4) is 0 Å². The van der Waals surface area contributed by atoms with Crippen LogP contribution < -0.4 is 0 Å². The molecule has 0 atom stereocenters. The number of hydrogen-bond acceptors (Lipinski definition) is 2. The van der Waals surface area contributed by atoms with E-state index in [1.54, 1.807) is 6.20 Å². The smallest absolute Gasteiger partial charge is 0.0616 e. The fraction of sp³-hybridized carbons (Fsp3) is 0.600. The third kappa shape index (κ3) is 2.99. The predicted octanol–water partition coefficient (Wildman–Crippen LogP) is 2.68. The van der Waals surface area contributed by atoms with Crippen molar-refractivity contribution in [3.05, 3.63) is 23.3 Å². The maximum Gasteiger partial charge on any atom is 0.0616 e. The lowest BCUT2D eigenvalue weighted by Crippen LogP contribution is -1.96. The fourth-order valence-corrected chi connectivity index (χ4v) is 0.922. The van der Waals surface area contributed by atoms with Crippen LogP contribution in [0.4, 0.5) is 0 Å². The number of aromatic nitrogens is 2. The van der Waals surface area contributed by atoms with Crippen LogP contribution in [0.15, 0.2) is 6.20 Å². The molecule has 0 spiro atoms. The summed E-state index contributed by atoms with van der Waals surface area (Å²) in [6.07, 6.45) is 2.77. The van der Waals surface area contributed by atoms with Crippen molar-refractivity contribution in [1.82, 2.24) is 9.97 Å². The minimum Gasteiger partial charge on any atom is -0.258 e. The summed E-state index contributed by atoms with van der Waals surface area (Å²) in [5.41, 5.74) is 3.16. The van der Waals surface area contributed by atoms with Gasteiger partial charge in [-0.3, -0.25) is 9.97 Å². The highest BCUT2D eigenvalue weighted by Crippen LogP contribution is 2.01. The van der Waals surface area contributed by atoms with Crippen LogP contribution in [-0.2, 0) is 6.42 Å². The Balaban J connectivity index is 0.000000561. The van der Waals surface area contributed by atoms with E-state index in [0.717, 1.165) is 23.5 Å². The highest BCUT2D eigenvalue weighted by Gasteiger charge is 1.96. The van der Waals surface area contributed by atoms with E-state index in [0.29, 0.717) is 0 Å². The Bertz CT molecular complexity index is 231. The zero-order valence-electron chi connectivity index (χ0n) is 8.68. The number of rotatable bonds is 1. The van der Waals surface area contributed by atoms with Gasteiger partial charge >= 0.3 is 0 Å². The number of hydrogen-bond donors (Lipinski definition) is 0. The summed E-state index contributed by atoms with van der Waals surface area (Å²) in [6, 6.07) is 0. The SMILES string of the molecule is CC.CCc1nc(C)cnc1C. The second-order valence-electron chi connectivity index (χ2n) is 2.40. The van der Waals surface area contributed by atoms with Crippen molar-refractivity contribution < 1.29 is 0 Å². The standard InChI is InChI=1S/C8H12N2.C2H6/c1-4-8-7(3)9-5-6(2)10-8;1-2/h5H,4H2,1-3H3;1-2H3. The van der Waals surface area contributed by atoms with Crippen LogP contribution in [0, 0.1) is 13.8 Å². The molecule has 12 heavy (non-hydrogen) atoms. The quantitative estimate of drug-likeness (QED) is 0.641. The summed E-state index contributed by atoms with van der Waals surface area (Å²) < 4.78 is 0. The molecule has 0 aromatic carbocycles. The van der Waals surface area contributed by atoms with Gasteiger partial charge in [-0.1, -0.05) is 20.8 Å². The summed E-state index contributed by atoms with van der Waals surface area (Å²) in [7, 11) is 0. The Labute approximate surface area is 75.1 Å². The van der Waals surface area contributed by atoms with Crippen LogP contribution in [0.1, 0.15) is 37.9 Å². The van der Waals surface area contributed by atoms with Gasteiger partial charge in [-0.25, -0.2) is 0 Å². The Kier molecular flexibility index (Phi) is 5.26. The van der Waals surface area contributed by atoms with E-state index in [-0.39, 0.29) is 0 Å². The van der Waals surface area contributed by atoms with E-state index in [9.17, 15) is 0 Å². The van der Waals surface area contributed by atoms with Gasteiger partial charge < -0.3 is 0 Å². The summed E-state index contributed by atoms with van der Waals surface area (Å²) >= 11 is 0. The number of nitrogens with zero attached hydrogens (tertiary/aromatic N) is 2. The van der Waals surface area contributed by atoms with Gasteiger partial charge in [0.15, 0.2) is 0 Å². The van der Waals surface area contributed by atoms with Crippen molar-refractivity contribution in [2.75, 3.05) is 0 Å². The fourth-order valence-electron chi connectivity index (χ4n) is 0.922. The molecule has 0 unspecified atom stereocenters. The van der Waals surface area contributed by atoms with Crippen molar-refractivity contribution in [3.8, 4) is 0 Å². The van der Waals surface area contributed by atoms with Gasteiger partial charge in [-0.05, 0) is 20.3 Å². The predicted molar refractivity (Wildman–Crippen MR) is 52.2 cm³/mol. The van der Waals surface area contributed by atoms with Crippen LogP contribution in [0.2, 0.25) is 0 Å². The van der Waals surface area contributed by atoms with E-state index in [2.05, 4.69) is 16.9 Å². The second kappa shape index (κ2) is 5.70. The van der Waals surface area contributed by atoms with Gasteiger partial charge in [-0.2, -0.15) is 0 Å². The van der Waals surface area contributed by atoms with E-state index < -0.39 is 0 Å². The lowest BCUT2D eigenvalue weighted by molar-refractivity contribution is 0.930. The van der Waals surface area contributed by atoms with E-state index >= 15 is 0 Å². The molecule has 0 aliphatic heterocycles. The highest BCUT2D eigenvalue weighted by atomic mass is 14.8. The summed E-state index contributed by atoms with van der Waals surface area (Å²) in [4.78, 5) is 8.52. The Morgan fingerprint density at radius 3 is 2.25 bits per heavy atom. The molecular formula is C10H18N2. The minimum absolute atomic E-state index is 0.973. The molecule has 0 radical (unpaired) electrons. The molecule has 0 saturated heterocycles. The molecule has 0 aliphatic rings. The molecule has 2 heteroatoms. The molecule has 1 heterocycles. The van der Waals surface area contributed by atoms with Crippen molar-refractivity contribution >= 4 is 0 Å². The maximum absolute atomic E-state index is 4.33. The van der Waals surface area contributed by atoms with Gasteiger partial charge in [-0.15, -0.1) is 0 Å². The summed E-state index contributed by atoms with van der Waals surface area (Å²) in [5.74, 6) is 0. The van der Waals surface area contributed by atoms with Gasteiger partial charge in [0.1, 0.15) is 0 Å². The molecule has 1 aromatic heterocycles. The van der Waals surface area contributed by atoms with Crippen LogP contribution in [0.25, 0.3) is 0 Å². The highest BCUT2D eigenvalue weighted by molar-refractivity contribution is 5.11. The average Bonchev–Trinajstić information content (AvgIpc) is 2.13. The monoisotopic (exact) mass is 166 g/mol. The number of aryl methyl sites for hydroxylation is 3. The first kappa shape index (κ1) is 11.1. The molecule has 0 N–H and O–H groups in total. The third-order valence-electron chi connectivity index (χ3n) is 1.51. The van der Waals surface area contributed by atoms with E-state index in [1.807, 2.05) is 27.7 Å². The zero-order valence-corrected chi connectivity index (χ0v) is 8.68. The molecule has 0 saturated carbocycles. The summed E-state index contributed by atoms with van der Waals surface area (Å²) in [6.45, 7) is 10.0. The second-order valence-corrected chi connectivity index (χ2v) is 2.40. The Hall–Kier alpha value is -0.920. The largest absolute Gasteiger partial charge is 0.258 e. The maximum atomic E-state index is 4.33. The lowest BCUT2D eigenvalue weighted by Gasteiger charge is -2.00. The van der Waals surface area contributed by atoms with Crippen LogP contribution in [-0.4, -0.2) is 9.97 Å². The van der Waals surface area contributed by atoms with Gasteiger partial charge in [0.05, 0.1) is 17.1 Å². The average molecular weight is 166 g/mol. The lowest BCUT2D eigenvalue weighted by atomic mass is 10.2. The van der Waals surface area contributed by atoms with E-state index in [4.69, 9.17) is 0 Å². The molecule has 0 amide bonds. The zero-order chi connectivity index (χ0) is 9.56. The molecule has 0 fully saturated rings. The first-order valence-corrected chi connectivity index (χ1v) is 4.53. The van der Waals surface area contributed by atoms with Crippen molar-refractivity contribution in [2.45, 2.75) is 41.0 Å². The molecule has 0 aliphatic carbocycles. The van der Waals surface area contributed by atoms with Gasteiger partial charge in [0, 0.05) is 6.20 Å². The van der Waals surface area contributed by atoms with Crippen molar-refractivity contribution in [1.29, 1.82) is 0 Å². The van der Waals surface area contributed by atoms with E-state index in [1.165, 1.54) is 0 Å². The molecule has 2 nitrogen and oxygen atoms in total. The molecular weight excluding hydrogens is 148 g/mol. The minimum atomic E-state index is 0.973. The van der Waals surface area contributed by atoms with Crippen LogP contribution >= 0.6 is 0 Å². The molecule has 1 rings (SSSR count). The topological polar surface area (TPSA) is 25.8 Å². The van der Waals surface area contributed by atoms with Gasteiger partial charge in [0.2, 0.25) is 0 Å². The Morgan fingerprint density at radius 1 is 1.25 bits per heavy atom. The summed E-state index contributed by atoms with van der Waals surface area (Å²) in [5, 5.41) is 0. The van der Waals surface area contributed by atoms with Crippen molar-refractivity contribution in [2.24, 2.45) is 0 Å². The third-order valence-corrected chi connectivity index (χ3v) is 1.51. The molecule has 0 bridgehead atoms. The van der Waals surface area contributed by atoms with Crippen LogP contribution in [0.5, 0.6) is 0 Å². The first-order chi connectivity index (χ1) is 5.74. The Morgan fingerprint density at radius 2 is 1.83 bits per heavy atom. The van der Waals surface area contributed by atoms with Crippen molar-refractivity contribution in [3.63, 3.8) is 0 Å². The normalized spacial score (nSPS) is 8.75. The first-order valence-electron chi connectivity index (χ1n) is 4.53. The van der Waals surface area contributed by atoms with Gasteiger partial charge in [0.25, 0.3) is 0 Å².